The van der Waals surface area contributed by atoms with Crippen LogP contribution in [0.5, 0.6) is 5.75 Å². The topological polar surface area (TPSA) is 72.7 Å². The minimum absolute atomic E-state index is 0.302. The van der Waals surface area contributed by atoms with Gasteiger partial charge in [-0.1, -0.05) is 22.0 Å². The van der Waals surface area contributed by atoms with Crippen LogP contribution in [0.4, 0.5) is 0 Å². The maximum atomic E-state index is 12.4. The van der Waals surface area contributed by atoms with Crippen molar-refractivity contribution in [3.63, 3.8) is 0 Å². The fourth-order valence-electron chi connectivity index (χ4n) is 3.47. The van der Waals surface area contributed by atoms with E-state index in [0.717, 1.165) is 27.1 Å². The number of rotatable bonds is 6. The van der Waals surface area contributed by atoms with Gasteiger partial charge < -0.3 is 9.30 Å². The molecular weight excluding hydrogens is 494 g/mol. The number of carbonyl (C=O) groups excluding carboxylic acids is 2. The zero-order valence-electron chi connectivity index (χ0n) is 18.7. The van der Waals surface area contributed by atoms with Gasteiger partial charge in [-0.3, -0.25) is 4.79 Å². The van der Waals surface area contributed by atoms with Gasteiger partial charge in [-0.15, -0.1) is 0 Å². The number of nitrogens with zero attached hydrogens (tertiary/aromatic N) is 2. The molecular formula is C27H22BrN3O3. The van der Waals surface area contributed by atoms with E-state index in [-0.39, 0.29) is 5.91 Å². The summed E-state index contributed by atoms with van der Waals surface area (Å²) in [7, 11) is 0. The second-order valence-corrected chi connectivity index (χ2v) is 8.58. The zero-order valence-corrected chi connectivity index (χ0v) is 20.2. The molecule has 4 rings (SSSR count). The van der Waals surface area contributed by atoms with Crippen molar-refractivity contribution in [1.82, 2.24) is 9.99 Å². The van der Waals surface area contributed by atoms with Crippen molar-refractivity contribution >= 4 is 34.0 Å². The van der Waals surface area contributed by atoms with Crippen molar-refractivity contribution < 1.29 is 14.3 Å². The summed E-state index contributed by atoms with van der Waals surface area (Å²) in [4.78, 5) is 24.6. The van der Waals surface area contributed by atoms with Crippen LogP contribution in [-0.2, 0) is 0 Å². The van der Waals surface area contributed by atoms with Gasteiger partial charge >= 0.3 is 5.97 Å². The molecule has 0 aliphatic heterocycles. The number of hydrazone groups is 1. The Balaban J connectivity index is 1.33. The highest BCUT2D eigenvalue weighted by Crippen LogP contribution is 2.18. The Bertz CT molecular complexity index is 1340. The molecule has 1 aromatic heterocycles. The van der Waals surface area contributed by atoms with Gasteiger partial charge in [0.05, 0.1) is 11.8 Å². The van der Waals surface area contributed by atoms with Gasteiger partial charge in [0.2, 0.25) is 0 Å². The first-order valence-corrected chi connectivity index (χ1v) is 11.4. The lowest BCUT2D eigenvalue weighted by molar-refractivity contribution is 0.0734. The fraction of sp³-hybridized carbons (Fsp3) is 0.0741. The summed E-state index contributed by atoms with van der Waals surface area (Å²) < 4.78 is 8.31. The van der Waals surface area contributed by atoms with Crippen LogP contribution in [0.3, 0.4) is 0 Å². The van der Waals surface area contributed by atoms with E-state index in [2.05, 4.69) is 43.2 Å². The predicted octanol–water partition coefficient (Wildman–Crippen LogP) is 5.84. The molecule has 0 aliphatic rings. The smallest absolute Gasteiger partial charge is 0.343 e. The molecule has 0 saturated carbocycles. The van der Waals surface area contributed by atoms with Gasteiger partial charge in [0, 0.05) is 27.1 Å². The standard InChI is InChI=1S/C27H22BrN3O3/c1-18-6-7-19(2)31(18)24-12-10-21(11-13-24)26(32)30-29-17-20-8-14-25(15-9-20)34-27(33)22-4-3-5-23(28)16-22/h3-17H,1-2H3,(H,30,32). The van der Waals surface area contributed by atoms with E-state index < -0.39 is 5.97 Å². The summed E-state index contributed by atoms with van der Waals surface area (Å²) in [6.45, 7) is 4.09. The van der Waals surface area contributed by atoms with Gasteiger partial charge in [-0.2, -0.15) is 5.10 Å². The van der Waals surface area contributed by atoms with Crippen molar-refractivity contribution in [2.75, 3.05) is 0 Å². The van der Waals surface area contributed by atoms with E-state index in [1.165, 1.54) is 6.21 Å². The second kappa shape index (κ2) is 10.3. The number of halogens is 1. The fourth-order valence-corrected chi connectivity index (χ4v) is 3.87. The van der Waals surface area contributed by atoms with Crippen molar-refractivity contribution in [3.05, 3.63) is 117 Å². The van der Waals surface area contributed by atoms with Crippen LogP contribution in [0.1, 0.15) is 37.7 Å². The number of benzene rings is 3. The monoisotopic (exact) mass is 515 g/mol. The summed E-state index contributed by atoms with van der Waals surface area (Å²) in [6.07, 6.45) is 1.53. The Kier molecular flexibility index (Phi) is 7.04. The number of hydrogen-bond donors (Lipinski definition) is 1. The highest BCUT2D eigenvalue weighted by Gasteiger charge is 2.09. The average Bonchev–Trinajstić information content (AvgIpc) is 3.18. The van der Waals surface area contributed by atoms with E-state index in [4.69, 9.17) is 4.74 Å². The molecule has 170 valence electrons. The summed E-state index contributed by atoms with van der Waals surface area (Å²) in [5.74, 6) is -0.328. The van der Waals surface area contributed by atoms with Gasteiger partial charge in [0.25, 0.3) is 5.91 Å². The number of amides is 1. The van der Waals surface area contributed by atoms with Crippen molar-refractivity contribution in [2.45, 2.75) is 13.8 Å². The summed E-state index contributed by atoms with van der Waals surface area (Å²) in [5.41, 5.74) is 7.51. The number of nitrogens with one attached hydrogen (secondary N) is 1. The number of esters is 1. The molecule has 0 fully saturated rings. The van der Waals surface area contributed by atoms with Crippen molar-refractivity contribution in [1.29, 1.82) is 0 Å². The number of carbonyl (C=O) groups is 2. The van der Waals surface area contributed by atoms with E-state index >= 15 is 0 Å². The lowest BCUT2D eigenvalue weighted by Crippen LogP contribution is -2.17. The molecule has 0 unspecified atom stereocenters. The lowest BCUT2D eigenvalue weighted by atomic mass is 10.2. The minimum atomic E-state index is -0.442. The highest BCUT2D eigenvalue weighted by atomic mass is 79.9. The number of aryl methyl sites for hydroxylation is 2. The van der Waals surface area contributed by atoms with E-state index in [1.54, 1.807) is 54.6 Å². The summed E-state index contributed by atoms with van der Waals surface area (Å²) in [6, 6.07) is 25.3. The molecule has 0 aliphatic carbocycles. The third-order valence-corrected chi connectivity index (χ3v) is 5.68. The van der Waals surface area contributed by atoms with Crippen LogP contribution < -0.4 is 10.2 Å². The van der Waals surface area contributed by atoms with Crippen LogP contribution in [0.2, 0.25) is 0 Å². The van der Waals surface area contributed by atoms with Gasteiger partial charge in [0.15, 0.2) is 0 Å². The molecule has 0 atom stereocenters. The van der Waals surface area contributed by atoms with Crippen molar-refractivity contribution in [3.8, 4) is 11.4 Å². The number of ether oxygens (including phenoxy) is 1. The molecule has 0 bridgehead atoms. The van der Waals surface area contributed by atoms with Crippen LogP contribution in [0.15, 0.2) is 94.5 Å². The molecule has 1 N–H and O–H groups in total. The average molecular weight is 516 g/mol. The van der Waals surface area contributed by atoms with Gasteiger partial charge in [-0.25, -0.2) is 10.2 Å². The molecule has 0 saturated heterocycles. The zero-order chi connectivity index (χ0) is 24.1. The first kappa shape index (κ1) is 23.2. The second-order valence-electron chi connectivity index (χ2n) is 7.67. The maximum Gasteiger partial charge on any atom is 0.343 e. The van der Waals surface area contributed by atoms with Crippen LogP contribution in [-0.4, -0.2) is 22.7 Å². The quantitative estimate of drug-likeness (QED) is 0.152. The number of hydrogen-bond acceptors (Lipinski definition) is 4. The Morgan fingerprint density at radius 3 is 2.21 bits per heavy atom. The van der Waals surface area contributed by atoms with Crippen molar-refractivity contribution in [2.24, 2.45) is 5.10 Å². The molecule has 3 aromatic carbocycles. The Morgan fingerprint density at radius 1 is 0.882 bits per heavy atom. The summed E-state index contributed by atoms with van der Waals surface area (Å²) in [5, 5.41) is 4.02. The molecule has 0 radical (unpaired) electrons. The molecule has 6 nitrogen and oxygen atoms in total. The molecule has 7 heteroatoms. The Hall–Kier alpha value is -3.97. The summed E-state index contributed by atoms with van der Waals surface area (Å²) >= 11 is 3.34. The normalized spacial score (nSPS) is 10.9. The lowest BCUT2D eigenvalue weighted by Gasteiger charge is -2.10. The molecule has 0 spiro atoms. The van der Waals surface area contributed by atoms with E-state index in [9.17, 15) is 9.59 Å². The molecule has 1 amide bonds. The predicted molar refractivity (Wildman–Crippen MR) is 136 cm³/mol. The SMILES string of the molecule is Cc1ccc(C)n1-c1ccc(C(=O)NN=Cc2ccc(OC(=O)c3cccc(Br)c3)cc2)cc1. The highest BCUT2D eigenvalue weighted by molar-refractivity contribution is 9.10. The molecule has 34 heavy (non-hydrogen) atoms. The first-order valence-electron chi connectivity index (χ1n) is 10.6. The van der Waals surface area contributed by atoms with E-state index in [1.807, 2.05) is 32.0 Å². The maximum absolute atomic E-state index is 12.4. The Labute approximate surface area is 206 Å². The van der Waals surface area contributed by atoms with Gasteiger partial charge in [-0.05, 0) is 98.3 Å². The van der Waals surface area contributed by atoms with Gasteiger partial charge in [0.1, 0.15) is 5.75 Å². The third-order valence-electron chi connectivity index (χ3n) is 5.19. The minimum Gasteiger partial charge on any atom is -0.423 e. The molecule has 4 aromatic rings. The number of aromatic nitrogens is 1. The van der Waals surface area contributed by atoms with Crippen LogP contribution in [0, 0.1) is 13.8 Å². The first-order chi connectivity index (χ1) is 16.4. The largest absolute Gasteiger partial charge is 0.423 e. The Morgan fingerprint density at radius 2 is 1.56 bits per heavy atom. The van der Waals surface area contributed by atoms with E-state index in [0.29, 0.717) is 16.9 Å². The molecule has 1 heterocycles. The third kappa shape index (κ3) is 5.50. The van der Waals surface area contributed by atoms with Crippen LogP contribution in [0.25, 0.3) is 5.69 Å². The van der Waals surface area contributed by atoms with Crippen LogP contribution >= 0.6 is 15.9 Å².